The Morgan fingerprint density at radius 2 is 1.82 bits per heavy atom. The van der Waals surface area contributed by atoms with E-state index >= 15 is 0 Å². The van der Waals surface area contributed by atoms with Gasteiger partial charge in [0.2, 0.25) is 0 Å². The first-order valence-corrected chi connectivity index (χ1v) is 3.51. The maximum atomic E-state index is 9.22. The fraction of sp³-hybridized carbons (Fsp3) is 1.00. The monoisotopic (exact) mass is 162 g/mol. The fourth-order valence-electron chi connectivity index (χ4n) is 1.42. The Morgan fingerprint density at radius 1 is 1.09 bits per heavy atom. The normalized spacial score (nSPS) is 56.5. The standard InChI is InChI=1S/C6H10O5/c7-2-1-10-6-4(9)3(8)5(2)11-6/h2-9H,1H2/t2-,3+,4+,5?,6?/m1/s1. The third kappa shape index (κ3) is 0.969. The largest absolute Gasteiger partial charge is 0.388 e. The molecule has 0 spiro atoms. The van der Waals surface area contributed by atoms with Gasteiger partial charge in [-0.3, -0.25) is 0 Å². The van der Waals surface area contributed by atoms with Crippen molar-refractivity contribution in [3.8, 4) is 0 Å². The summed E-state index contributed by atoms with van der Waals surface area (Å²) in [4.78, 5) is 0. The molecule has 2 unspecified atom stereocenters. The van der Waals surface area contributed by atoms with Crippen LogP contribution in [0.25, 0.3) is 0 Å². The van der Waals surface area contributed by atoms with Gasteiger partial charge in [0.15, 0.2) is 6.29 Å². The van der Waals surface area contributed by atoms with Crippen LogP contribution in [0.15, 0.2) is 0 Å². The molecule has 5 nitrogen and oxygen atoms in total. The maximum absolute atomic E-state index is 9.22. The van der Waals surface area contributed by atoms with Gasteiger partial charge in [-0.25, -0.2) is 0 Å². The molecule has 0 amide bonds. The summed E-state index contributed by atoms with van der Waals surface area (Å²) in [7, 11) is 0. The van der Waals surface area contributed by atoms with Crippen LogP contribution in [0.1, 0.15) is 0 Å². The Kier molecular flexibility index (Phi) is 1.62. The lowest BCUT2D eigenvalue weighted by Crippen LogP contribution is -2.41. The molecule has 0 aromatic carbocycles. The van der Waals surface area contributed by atoms with Crippen LogP contribution in [0.5, 0.6) is 0 Å². The summed E-state index contributed by atoms with van der Waals surface area (Å²) in [6.07, 6.45) is -4.35. The fourth-order valence-corrected chi connectivity index (χ4v) is 1.42. The Balaban J connectivity index is 2.16. The minimum atomic E-state index is -1.03. The lowest BCUT2D eigenvalue weighted by Gasteiger charge is -2.25. The topological polar surface area (TPSA) is 79.2 Å². The molecule has 2 fully saturated rings. The SMILES string of the molecule is O[C@@H]1COC2OC1[C@@H](O)[C@@H]2O. The average Bonchev–Trinajstić information content (AvgIpc) is 2.24. The van der Waals surface area contributed by atoms with Gasteiger partial charge in [-0.05, 0) is 0 Å². The number of hydrogen-bond acceptors (Lipinski definition) is 5. The van der Waals surface area contributed by atoms with Crippen LogP contribution >= 0.6 is 0 Å². The molecule has 5 atom stereocenters. The van der Waals surface area contributed by atoms with E-state index in [0.29, 0.717) is 0 Å². The molecule has 0 saturated carbocycles. The molecule has 2 aliphatic heterocycles. The van der Waals surface area contributed by atoms with Gasteiger partial charge < -0.3 is 24.8 Å². The zero-order chi connectivity index (χ0) is 8.01. The summed E-state index contributed by atoms with van der Waals surface area (Å²) in [5, 5.41) is 27.6. The van der Waals surface area contributed by atoms with Gasteiger partial charge in [0.25, 0.3) is 0 Å². The molecule has 0 radical (unpaired) electrons. The Labute approximate surface area is 63.2 Å². The summed E-state index contributed by atoms with van der Waals surface area (Å²) in [6.45, 7) is 0.115. The number of hydrogen-bond donors (Lipinski definition) is 3. The molecule has 64 valence electrons. The molecule has 2 rings (SSSR count). The smallest absolute Gasteiger partial charge is 0.186 e. The van der Waals surface area contributed by atoms with Crippen molar-refractivity contribution in [2.45, 2.75) is 30.7 Å². The highest BCUT2D eigenvalue weighted by Gasteiger charge is 2.50. The highest BCUT2D eigenvalue weighted by atomic mass is 16.7. The quantitative estimate of drug-likeness (QED) is 0.377. The molecule has 0 aliphatic carbocycles. The van der Waals surface area contributed by atoms with E-state index in [2.05, 4.69) is 0 Å². The van der Waals surface area contributed by atoms with Gasteiger partial charge in [0, 0.05) is 0 Å². The molecule has 2 saturated heterocycles. The Bertz CT molecular complexity index is 161. The van der Waals surface area contributed by atoms with Crippen LogP contribution in [0.3, 0.4) is 0 Å². The summed E-state index contributed by atoms with van der Waals surface area (Å²) in [6, 6.07) is 0. The third-order valence-corrected chi connectivity index (χ3v) is 2.07. The predicted octanol–water partition coefficient (Wildman–Crippen LogP) is -2.18. The minimum absolute atomic E-state index is 0.115. The van der Waals surface area contributed by atoms with E-state index in [1.165, 1.54) is 0 Å². The van der Waals surface area contributed by atoms with Gasteiger partial charge in [0.1, 0.15) is 24.4 Å². The van der Waals surface area contributed by atoms with E-state index in [0.717, 1.165) is 0 Å². The van der Waals surface area contributed by atoms with Crippen molar-refractivity contribution in [2.24, 2.45) is 0 Å². The van der Waals surface area contributed by atoms with Gasteiger partial charge in [-0.1, -0.05) is 0 Å². The number of aliphatic hydroxyl groups is 3. The number of fused-ring (bicyclic) bond motifs is 2. The molecule has 0 aromatic heterocycles. The zero-order valence-corrected chi connectivity index (χ0v) is 5.75. The summed E-state index contributed by atoms with van der Waals surface area (Å²) >= 11 is 0. The summed E-state index contributed by atoms with van der Waals surface area (Å²) < 4.78 is 9.84. The lowest BCUT2D eigenvalue weighted by molar-refractivity contribution is -0.233. The van der Waals surface area contributed by atoms with Crippen molar-refractivity contribution in [1.29, 1.82) is 0 Å². The molecule has 3 N–H and O–H groups in total. The molecule has 0 aromatic rings. The molecule has 5 heteroatoms. The number of ether oxygens (including phenoxy) is 2. The van der Waals surface area contributed by atoms with E-state index in [1.807, 2.05) is 0 Å². The average molecular weight is 162 g/mol. The molecular formula is C6H10O5. The van der Waals surface area contributed by atoms with Crippen LogP contribution < -0.4 is 0 Å². The van der Waals surface area contributed by atoms with E-state index in [1.54, 1.807) is 0 Å². The Morgan fingerprint density at radius 3 is 2.45 bits per heavy atom. The molecule has 2 bridgehead atoms. The van der Waals surface area contributed by atoms with Gasteiger partial charge >= 0.3 is 0 Å². The number of aliphatic hydroxyl groups excluding tert-OH is 3. The van der Waals surface area contributed by atoms with Crippen molar-refractivity contribution in [2.75, 3.05) is 6.61 Å². The van der Waals surface area contributed by atoms with Crippen LogP contribution in [0, 0.1) is 0 Å². The number of rotatable bonds is 0. The summed E-state index contributed by atoms with van der Waals surface area (Å²) in [5.41, 5.74) is 0. The first kappa shape index (κ1) is 7.45. The zero-order valence-electron chi connectivity index (χ0n) is 5.75. The molecule has 2 aliphatic rings. The van der Waals surface area contributed by atoms with E-state index in [4.69, 9.17) is 14.6 Å². The van der Waals surface area contributed by atoms with Crippen molar-refractivity contribution in [1.82, 2.24) is 0 Å². The van der Waals surface area contributed by atoms with E-state index < -0.39 is 30.7 Å². The van der Waals surface area contributed by atoms with Crippen LogP contribution in [0.2, 0.25) is 0 Å². The van der Waals surface area contributed by atoms with Crippen molar-refractivity contribution >= 4 is 0 Å². The van der Waals surface area contributed by atoms with Gasteiger partial charge in [-0.2, -0.15) is 0 Å². The van der Waals surface area contributed by atoms with Gasteiger partial charge in [-0.15, -0.1) is 0 Å². The second-order valence-electron chi connectivity index (χ2n) is 2.85. The maximum Gasteiger partial charge on any atom is 0.186 e. The van der Waals surface area contributed by atoms with E-state index in [-0.39, 0.29) is 6.61 Å². The van der Waals surface area contributed by atoms with Crippen LogP contribution in [-0.2, 0) is 9.47 Å². The van der Waals surface area contributed by atoms with Crippen molar-refractivity contribution < 1.29 is 24.8 Å². The highest BCUT2D eigenvalue weighted by molar-refractivity contribution is 4.93. The van der Waals surface area contributed by atoms with Gasteiger partial charge in [0.05, 0.1) is 6.61 Å². The molecule has 2 heterocycles. The second-order valence-corrected chi connectivity index (χ2v) is 2.85. The predicted molar refractivity (Wildman–Crippen MR) is 32.6 cm³/mol. The van der Waals surface area contributed by atoms with Crippen molar-refractivity contribution in [3.63, 3.8) is 0 Å². The lowest BCUT2D eigenvalue weighted by atomic mass is 10.1. The first-order chi connectivity index (χ1) is 5.20. The van der Waals surface area contributed by atoms with Crippen LogP contribution in [-0.4, -0.2) is 52.6 Å². The van der Waals surface area contributed by atoms with Crippen molar-refractivity contribution in [3.05, 3.63) is 0 Å². The third-order valence-electron chi connectivity index (χ3n) is 2.07. The van der Waals surface area contributed by atoms with Crippen LogP contribution in [0.4, 0.5) is 0 Å². The first-order valence-electron chi connectivity index (χ1n) is 3.51. The highest BCUT2D eigenvalue weighted by Crippen LogP contribution is 2.28. The summed E-state index contributed by atoms with van der Waals surface area (Å²) in [5.74, 6) is 0. The second kappa shape index (κ2) is 2.40. The minimum Gasteiger partial charge on any atom is -0.388 e. The molecule has 11 heavy (non-hydrogen) atoms. The molecular weight excluding hydrogens is 152 g/mol. The van der Waals surface area contributed by atoms with E-state index in [9.17, 15) is 10.2 Å². The Hall–Kier alpha value is -0.200.